The molecule has 0 aliphatic carbocycles. The van der Waals surface area contributed by atoms with Gasteiger partial charge in [-0.3, -0.25) is 10.1 Å². The van der Waals surface area contributed by atoms with Crippen LogP contribution in [-0.2, 0) is 0 Å². The smallest absolute Gasteiger partial charge is 0.289 e. The predicted octanol–water partition coefficient (Wildman–Crippen LogP) is 1.26. The molecule has 0 saturated carbocycles. The highest BCUT2D eigenvalue weighted by Crippen LogP contribution is 2.25. The lowest BCUT2D eigenvalue weighted by Gasteiger charge is -2.33. The summed E-state index contributed by atoms with van der Waals surface area (Å²) in [5.41, 5.74) is 0.780. The Morgan fingerprint density at radius 3 is 3.00 bits per heavy atom. The fourth-order valence-electron chi connectivity index (χ4n) is 2.13. The number of nitrogens with one attached hydrogen (secondary N) is 1. The molecule has 1 aliphatic rings. The zero-order valence-electron chi connectivity index (χ0n) is 10.1. The number of rotatable bonds is 2. The standard InChI is InChI=1S/C12H14N4O2/c1-9-8-15(5-4-14-9)11-3-2-10(7-13)12(6-11)16(17)18/h2-3,6,9,14H,4-5,8H2,1H3/t9-/m0/s1. The van der Waals surface area contributed by atoms with Crippen LogP contribution in [0.1, 0.15) is 12.5 Å². The second-order valence-electron chi connectivity index (χ2n) is 4.37. The summed E-state index contributed by atoms with van der Waals surface area (Å²) in [5, 5.41) is 23.0. The molecule has 1 N–H and O–H groups in total. The van der Waals surface area contributed by atoms with Gasteiger partial charge in [-0.2, -0.15) is 5.26 Å². The van der Waals surface area contributed by atoms with Crippen molar-refractivity contribution in [2.75, 3.05) is 24.5 Å². The summed E-state index contributed by atoms with van der Waals surface area (Å²) in [4.78, 5) is 12.5. The minimum atomic E-state index is -0.506. The van der Waals surface area contributed by atoms with Gasteiger partial charge < -0.3 is 10.2 Å². The molecule has 0 aromatic heterocycles. The number of nitrogens with zero attached hydrogens (tertiary/aromatic N) is 3. The van der Waals surface area contributed by atoms with Crippen LogP contribution < -0.4 is 10.2 Å². The first-order valence-electron chi connectivity index (χ1n) is 5.78. The Balaban J connectivity index is 2.32. The monoisotopic (exact) mass is 246 g/mol. The van der Waals surface area contributed by atoms with E-state index in [4.69, 9.17) is 5.26 Å². The third kappa shape index (κ3) is 2.41. The highest BCUT2D eigenvalue weighted by Gasteiger charge is 2.20. The Morgan fingerprint density at radius 1 is 1.61 bits per heavy atom. The summed E-state index contributed by atoms with van der Waals surface area (Å²) < 4.78 is 0. The Bertz CT molecular complexity index is 509. The number of nitro benzene ring substituents is 1. The first-order chi connectivity index (χ1) is 8.61. The number of anilines is 1. The van der Waals surface area contributed by atoms with Crippen LogP contribution in [0.4, 0.5) is 11.4 Å². The van der Waals surface area contributed by atoms with Crippen molar-refractivity contribution in [3.05, 3.63) is 33.9 Å². The van der Waals surface area contributed by atoms with Gasteiger partial charge in [0.1, 0.15) is 11.6 Å². The van der Waals surface area contributed by atoms with Gasteiger partial charge in [-0.05, 0) is 19.1 Å². The van der Waals surface area contributed by atoms with E-state index in [9.17, 15) is 10.1 Å². The number of piperazine rings is 1. The largest absolute Gasteiger partial charge is 0.369 e. The van der Waals surface area contributed by atoms with Crippen molar-refractivity contribution < 1.29 is 4.92 Å². The maximum Gasteiger partial charge on any atom is 0.289 e. The number of benzene rings is 1. The number of hydrogen-bond donors (Lipinski definition) is 1. The first-order valence-corrected chi connectivity index (χ1v) is 5.78. The molecular formula is C12H14N4O2. The minimum Gasteiger partial charge on any atom is -0.369 e. The van der Waals surface area contributed by atoms with Gasteiger partial charge in [-0.15, -0.1) is 0 Å². The molecule has 6 nitrogen and oxygen atoms in total. The van der Waals surface area contributed by atoms with Crippen LogP contribution in [-0.4, -0.2) is 30.6 Å². The van der Waals surface area contributed by atoms with E-state index in [1.807, 2.05) is 6.07 Å². The maximum absolute atomic E-state index is 10.9. The van der Waals surface area contributed by atoms with Crippen molar-refractivity contribution >= 4 is 11.4 Å². The lowest BCUT2D eigenvalue weighted by Crippen LogP contribution is -2.49. The van der Waals surface area contributed by atoms with Crippen molar-refractivity contribution in [1.82, 2.24) is 5.32 Å². The van der Waals surface area contributed by atoms with Crippen LogP contribution in [0, 0.1) is 21.4 Å². The quantitative estimate of drug-likeness (QED) is 0.627. The molecule has 1 fully saturated rings. The number of hydrogen-bond acceptors (Lipinski definition) is 5. The zero-order valence-corrected chi connectivity index (χ0v) is 10.1. The Labute approximate surface area is 105 Å². The van der Waals surface area contributed by atoms with Gasteiger partial charge in [0.2, 0.25) is 0 Å². The first kappa shape index (κ1) is 12.3. The summed E-state index contributed by atoms with van der Waals surface area (Å²) in [7, 11) is 0. The van der Waals surface area contributed by atoms with Crippen molar-refractivity contribution in [1.29, 1.82) is 5.26 Å². The highest BCUT2D eigenvalue weighted by atomic mass is 16.6. The molecule has 0 radical (unpaired) electrons. The highest BCUT2D eigenvalue weighted by molar-refractivity contribution is 5.60. The summed E-state index contributed by atoms with van der Waals surface area (Å²) >= 11 is 0. The number of nitro groups is 1. The molecule has 1 aliphatic heterocycles. The van der Waals surface area contributed by atoms with Crippen molar-refractivity contribution in [3.63, 3.8) is 0 Å². The van der Waals surface area contributed by atoms with E-state index >= 15 is 0 Å². The molecule has 1 aromatic carbocycles. The van der Waals surface area contributed by atoms with Gasteiger partial charge in [0.15, 0.2) is 0 Å². The Hall–Kier alpha value is -2.13. The maximum atomic E-state index is 10.9. The van der Waals surface area contributed by atoms with Crippen molar-refractivity contribution in [2.45, 2.75) is 13.0 Å². The van der Waals surface area contributed by atoms with Gasteiger partial charge in [-0.1, -0.05) is 0 Å². The van der Waals surface area contributed by atoms with Crippen molar-refractivity contribution in [3.8, 4) is 6.07 Å². The van der Waals surface area contributed by atoms with Crippen molar-refractivity contribution in [2.24, 2.45) is 0 Å². The van der Waals surface area contributed by atoms with E-state index in [0.29, 0.717) is 6.04 Å². The fourth-order valence-corrected chi connectivity index (χ4v) is 2.13. The molecule has 18 heavy (non-hydrogen) atoms. The van der Waals surface area contributed by atoms with E-state index < -0.39 is 4.92 Å². The molecule has 1 heterocycles. The molecular weight excluding hydrogens is 232 g/mol. The number of nitriles is 1. The summed E-state index contributed by atoms with van der Waals surface area (Å²) in [6, 6.07) is 6.96. The zero-order chi connectivity index (χ0) is 13.1. The van der Waals surface area contributed by atoms with Crippen LogP contribution in [0.15, 0.2) is 18.2 Å². The van der Waals surface area contributed by atoms with E-state index in [0.717, 1.165) is 25.3 Å². The van der Waals surface area contributed by atoms with Gasteiger partial charge >= 0.3 is 0 Å². The fraction of sp³-hybridized carbons (Fsp3) is 0.417. The summed E-state index contributed by atoms with van der Waals surface area (Å²) in [6.45, 7) is 4.55. The molecule has 1 aromatic rings. The van der Waals surface area contributed by atoms with Crippen LogP contribution >= 0.6 is 0 Å². The van der Waals surface area contributed by atoms with Crippen LogP contribution in [0.3, 0.4) is 0 Å². The molecule has 0 unspecified atom stereocenters. The van der Waals surface area contributed by atoms with Crippen LogP contribution in [0.25, 0.3) is 0 Å². The minimum absolute atomic E-state index is 0.104. The van der Waals surface area contributed by atoms with E-state index in [-0.39, 0.29) is 11.3 Å². The molecule has 0 amide bonds. The molecule has 6 heteroatoms. The SMILES string of the molecule is C[C@H]1CN(c2ccc(C#N)c([N+](=O)[O-])c2)CCN1. The molecule has 0 bridgehead atoms. The van der Waals surface area contributed by atoms with E-state index in [1.54, 1.807) is 6.07 Å². The molecule has 2 rings (SSSR count). The molecule has 1 saturated heterocycles. The van der Waals surface area contributed by atoms with Gasteiger partial charge in [0.05, 0.1) is 4.92 Å². The summed E-state index contributed by atoms with van der Waals surface area (Å²) in [6.07, 6.45) is 0. The third-order valence-electron chi connectivity index (χ3n) is 3.03. The van der Waals surface area contributed by atoms with Gasteiger partial charge in [-0.25, -0.2) is 0 Å². The molecule has 0 spiro atoms. The lowest BCUT2D eigenvalue weighted by molar-refractivity contribution is -0.385. The summed E-state index contributed by atoms with van der Waals surface area (Å²) in [5.74, 6) is 0. The van der Waals surface area contributed by atoms with Crippen LogP contribution in [0.5, 0.6) is 0 Å². The van der Waals surface area contributed by atoms with E-state index in [1.165, 1.54) is 12.1 Å². The average molecular weight is 246 g/mol. The Kier molecular flexibility index (Phi) is 3.44. The second-order valence-corrected chi connectivity index (χ2v) is 4.37. The second kappa shape index (κ2) is 5.02. The normalized spacial score (nSPS) is 19.3. The topological polar surface area (TPSA) is 82.2 Å². The van der Waals surface area contributed by atoms with Gasteiger partial charge in [0, 0.05) is 37.4 Å². The lowest BCUT2D eigenvalue weighted by atomic mass is 10.1. The predicted molar refractivity (Wildman–Crippen MR) is 67.5 cm³/mol. The van der Waals surface area contributed by atoms with E-state index in [2.05, 4.69) is 17.1 Å². The molecule has 1 atom stereocenters. The average Bonchev–Trinajstić information content (AvgIpc) is 2.38. The van der Waals surface area contributed by atoms with Crippen LogP contribution in [0.2, 0.25) is 0 Å². The molecule has 94 valence electrons. The van der Waals surface area contributed by atoms with Gasteiger partial charge in [0.25, 0.3) is 5.69 Å². The Morgan fingerprint density at radius 2 is 2.39 bits per heavy atom. The third-order valence-corrected chi connectivity index (χ3v) is 3.03.